The summed E-state index contributed by atoms with van der Waals surface area (Å²) >= 11 is 9.34. The number of nitrogens with two attached hydrogens (primary N) is 1. The Bertz CT molecular complexity index is 779. The first-order chi connectivity index (χ1) is 9.83. The number of hydrogen-bond acceptors (Lipinski definition) is 3. The minimum atomic E-state index is -3.76. The molecule has 0 aliphatic heterocycles. The van der Waals surface area contributed by atoms with Crippen molar-refractivity contribution in [2.24, 2.45) is 5.73 Å². The van der Waals surface area contributed by atoms with Gasteiger partial charge in [0.2, 0.25) is 0 Å². The molecule has 0 amide bonds. The average Bonchev–Trinajstić information content (AvgIpc) is 2.42. The topological polar surface area (TPSA) is 72.2 Å². The Kier molecular flexibility index (Phi) is 4.93. The zero-order valence-corrected chi connectivity index (χ0v) is 14.4. The molecular formula is C14H14BrClN2O2S. The largest absolute Gasteiger partial charge is 0.326 e. The Morgan fingerprint density at radius 1 is 1.24 bits per heavy atom. The Labute approximate surface area is 137 Å². The summed E-state index contributed by atoms with van der Waals surface area (Å²) in [4.78, 5) is 0.0226. The van der Waals surface area contributed by atoms with Crippen molar-refractivity contribution >= 4 is 43.2 Å². The number of anilines is 1. The van der Waals surface area contributed by atoms with Crippen molar-refractivity contribution < 1.29 is 8.42 Å². The van der Waals surface area contributed by atoms with Crippen LogP contribution in [0.25, 0.3) is 0 Å². The maximum Gasteiger partial charge on any atom is 0.263 e. The van der Waals surface area contributed by atoms with Gasteiger partial charge in [-0.3, -0.25) is 4.72 Å². The van der Waals surface area contributed by atoms with Crippen LogP contribution in [0, 0.1) is 6.92 Å². The third-order valence-corrected chi connectivity index (χ3v) is 5.29. The highest BCUT2D eigenvalue weighted by atomic mass is 79.9. The SMILES string of the molecule is Cc1cc(Br)ccc1NS(=O)(=O)c1cc(CN)ccc1Cl. The number of halogens is 2. The van der Waals surface area contributed by atoms with E-state index in [0.29, 0.717) is 11.3 Å². The monoisotopic (exact) mass is 388 g/mol. The van der Waals surface area contributed by atoms with Gasteiger partial charge in [-0.05, 0) is 48.4 Å². The summed E-state index contributed by atoms with van der Waals surface area (Å²) in [7, 11) is -3.76. The van der Waals surface area contributed by atoms with Gasteiger partial charge in [0.1, 0.15) is 4.90 Å². The first-order valence-electron chi connectivity index (χ1n) is 6.11. The average molecular weight is 390 g/mol. The summed E-state index contributed by atoms with van der Waals surface area (Å²) in [5, 5.41) is 0.162. The van der Waals surface area contributed by atoms with E-state index >= 15 is 0 Å². The van der Waals surface area contributed by atoms with E-state index in [1.54, 1.807) is 18.2 Å². The van der Waals surface area contributed by atoms with Gasteiger partial charge in [-0.2, -0.15) is 0 Å². The van der Waals surface area contributed by atoms with Gasteiger partial charge in [0.15, 0.2) is 0 Å². The molecule has 0 aliphatic carbocycles. The van der Waals surface area contributed by atoms with Crippen molar-refractivity contribution in [3.8, 4) is 0 Å². The van der Waals surface area contributed by atoms with Gasteiger partial charge in [0.25, 0.3) is 10.0 Å². The second kappa shape index (κ2) is 6.36. The fourth-order valence-corrected chi connectivity index (χ4v) is 3.98. The molecule has 3 N–H and O–H groups in total. The van der Waals surface area contributed by atoms with Gasteiger partial charge in [0, 0.05) is 11.0 Å². The molecule has 7 heteroatoms. The van der Waals surface area contributed by atoms with E-state index in [9.17, 15) is 8.42 Å². The molecule has 0 unspecified atom stereocenters. The number of sulfonamides is 1. The third-order valence-electron chi connectivity index (χ3n) is 2.95. The fraction of sp³-hybridized carbons (Fsp3) is 0.143. The second-order valence-corrected chi connectivity index (χ2v) is 7.51. The molecule has 0 saturated heterocycles. The second-order valence-electron chi connectivity index (χ2n) is 4.53. The van der Waals surface area contributed by atoms with Crippen LogP contribution in [0.5, 0.6) is 0 Å². The lowest BCUT2D eigenvalue weighted by molar-refractivity contribution is 0.601. The van der Waals surface area contributed by atoms with E-state index in [0.717, 1.165) is 10.0 Å². The maximum atomic E-state index is 12.5. The minimum Gasteiger partial charge on any atom is -0.326 e. The highest BCUT2D eigenvalue weighted by Gasteiger charge is 2.19. The summed E-state index contributed by atoms with van der Waals surface area (Å²) in [6, 6.07) is 10.0. The predicted molar refractivity (Wildman–Crippen MR) is 89.0 cm³/mol. The Balaban J connectivity index is 2.43. The van der Waals surface area contributed by atoms with Crippen LogP contribution in [0.1, 0.15) is 11.1 Å². The highest BCUT2D eigenvalue weighted by Crippen LogP contribution is 2.27. The maximum absolute atomic E-state index is 12.5. The third kappa shape index (κ3) is 3.77. The summed E-state index contributed by atoms with van der Waals surface area (Å²) in [6.45, 7) is 2.07. The molecule has 0 saturated carbocycles. The van der Waals surface area contributed by atoms with Crippen LogP contribution in [-0.4, -0.2) is 8.42 Å². The first-order valence-corrected chi connectivity index (χ1v) is 8.76. The van der Waals surface area contributed by atoms with Crippen molar-refractivity contribution in [3.05, 3.63) is 57.0 Å². The molecule has 0 aliphatic rings. The lowest BCUT2D eigenvalue weighted by Gasteiger charge is -2.12. The molecule has 4 nitrogen and oxygen atoms in total. The molecule has 0 radical (unpaired) electrons. The van der Waals surface area contributed by atoms with Crippen molar-refractivity contribution in [1.29, 1.82) is 0 Å². The van der Waals surface area contributed by atoms with Crippen LogP contribution in [0.15, 0.2) is 45.8 Å². The number of benzene rings is 2. The van der Waals surface area contributed by atoms with Gasteiger partial charge < -0.3 is 5.73 Å². The number of aryl methyl sites for hydroxylation is 1. The standard InChI is InChI=1S/C14H14BrClN2O2S/c1-9-6-11(15)3-5-13(9)18-21(19,20)14-7-10(8-17)2-4-12(14)16/h2-7,18H,8,17H2,1H3. The van der Waals surface area contributed by atoms with Crippen molar-refractivity contribution in [3.63, 3.8) is 0 Å². The summed E-state index contributed by atoms with van der Waals surface area (Å²) in [6.07, 6.45) is 0. The van der Waals surface area contributed by atoms with Crippen LogP contribution < -0.4 is 10.5 Å². The van der Waals surface area contributed by atoms with Gasteiger partial charge in [-0.1, -0.05) is 33.6 Å². The van der Waals surface area contributed by atoms with E-state index in [1.165, 1.54) is 12.1 Å². The number of rotatable bonds is 4. The van der Waals surface area contributed by atoms with E-state index in [2.05, 4.69) is 20.7 Å². The van der Waals surface area contributed by atoms with Gasteiger partial charge in [-0.15, -0.1) is 0 Å². The number of nitrogens with one attached hydrogen (secondary N) is 1. The van der Waals surface area contributed by atoms with Crippen molar-refractivity contribution in [1.82, 2.24) is 0 Å². The molecule has 0 aromatic heterocycles. The number of hydrogen-bond donors (Lipinski definition) is 2. The molecular weight excluding hydrogens is 376 g/mol. The van der Waals surface area contributed by atoms with Crippen molar-refractivity contribution in [2.75, 3.05) is 4.72 Å². The van der Waals surface area contributed by atoms with Crippen molar-refractivity contribution in [2.45, 2.75) is 18.4 Å². The molecule has 112 valence electrons. The zero-order chi connectivity index (χ0) is 15.6. The molecule has 2 aromatic carbocycles. The molecule has 0 fully saturated rings. The zero-order valence-electron chi connectivity index (χ0n) is 11.2. The quantitative estimate of drug-likeness (QED) is 0.838. The van der Waals surface area contributed by atoms with E-state index in [-0.39, 0.29) is 16.5 Å². The molecule has 0 spiro atoms. The molecule has 0 bridgehead atoms. The van der Waals surface area contributed by atoms with Gasteiger partial charge in [0.05, 0.1) is 10.7 Å². The van der Waals surface area contributed by atoms with Crippen LogP contribution in [0.4, 0.5) is 5.69 Å². The lowest BCUT2D eigenvalue weighted by Crippen LogP contribution is -2.15. The predicted octanol–water partition coefficient (Wildman–Crippen LogP) is 3.67. The van der Waals surface area contributed by atoms with E-state index in [4.69, 9.17) is 17.3 Å². The summed E-state index contributed by atoms with van der Waals surface area (Å²) in [5.41, 5.74) is 7.55. The Hall–Kier alpha value is -1.08. The van der Waals surface area contributed by atoms with Gasteiger partial charge >= 0.3 is 0 Å². The fourth-order valence-electron chi connectivity index (χ4n) is 1.82. The van der Waals surface area contributed by atoms with Gasteiger partial charge in [-0.25, -0.2) is 8.42 Å². The Morgan fingerprint density at radius 3 is 2.57 bits per heavy atom. The Morgan fingerprint density at radius 2 is 1.95 bits per heavy atom. The van der Waals surface area contributed by atoms with Crippen LogP contribution in [-0.2, 0) is 16.6 Å². The highest BCUT2D eigenvalue weighted by molar-refractivity contribution is 9.10. The lowest BCUT2D eigenvalue weighted by atomic mass is 10.2. The smallest absolute Gasteiger partial charge is 0.263 e. The van der Waals surface area contributed by atoms with E-state index < -0.39 is 10.0 Å². The van der Waals surface area contributed by atoms with E-state index in [1.807, 2.05) is 13.0 Å². The molecule has 0 heterocycles. The normalized spacial score (nSPS) is 11.4. The summed E-state index contributed by atoms with van der Waals surface area (Å²) < 4.78 is 28.4. The van der Waals surface area contributed by atoms with Crippen LogP contribution in [0.3, 0.4) is 0 Å². The molecule has 2 rings (SSSR count). The molecule has 0 atom stereocenters. The van der Waals surface area contributed by atoms with Crippen LogP contribution >= 0.6 is 27.5 Å². The van der Waals surface area contributed by atoms with Crippen LogP contribution in [0.2, 0.25) is 5.02 Å². The molecule has 2 aromatic rings. The first kappa shape index (κ1) is 16.3. The molecule has 21 heavy (non-hydrogen) atoms. The minimum absolute atomic E-state index is 0.0226. The summed E-state index contributed by atoms with van der Waals surface area (Å²) in [5.74, 6) is 0.